The maximum Gasteiger partial charge on any atom is 0.235 e. The molecule has 0 rings (SSSR count). The molecule has 1 atom stereocenters. The van der Waals surface area contributed by atoms with Crippen molar-refractivity contribution in [2.75, 3.05) is 0 Å². The molecule has 0 N–H and O–H groups in total. The summed E-state index contributed by atoms with van der Waals surface area (Å²) in [5.74, 6) is 0. The van der Waals surface area contributed by atoms with Gasteiger partial charge in [0.2, 0.25) is 9.05 Å². The Morgan fingerprint density at radius 1 is 1.70 bits per heavy atom. The van der Waals surface area contributed by atoms with Crippen LogP contribution in [0.5, 0.6) is 0 Å². The van der Waals surface area contributed by atoms with Gasteiger partial charge in [0, 0.05) is 17.1 Å². The van der Waals surface area contributed by atoms with Crippen LogP contribution in [0.3, 0.4) is 0 Å². The first-order valence-corrected chi connectivity index (χ1v) is 5.16. The van der Waals surface area contributed by atoms with Crippen LogP contribution in [0.15, 0.2) is 0 Å². The number of rotatable bonds is 3. The third kappa shape index (κ3) is 3.70. The molecular formula is C5H8ClNO2S. The summed E-state index contributed by atoms with van der Waals surface area (Å²) in [6.07, 6.45) is 0.537. The standard InChI is InChI=1S/C5H8ClNO2S/c1-5(3-2-4-7)10(6,8)9/h5H,2-3H2,1H3. The van der Waals surface area contributed by atoms with Crippen molar-refractivity contribution in [2.45, 2.75) is 25.0 Å². The van der Waals surface area contributed by atoms with E-state index in [0.717, 1.165) is 0 Å². The highest BCUT2D eigenvalue weighted by atomic mass is 35.7. The molecule has 3 nitrogen and oxygen atoms in total. The Morgan fingerprint density at radius 3 is 2.50 bits per heavy atom. The Kier molecular flexibility index (Phi) is 3.69. The monoisotopic (exact) mass is 181 g/mol. The summed E-state index contributed by atoms with van der Waals surface area (Å²) in [4.78, 5) is 0. The fourth-order valence-corrected chi connectivity index (χ4v) is 1.08. The third-order valence-corrected chi connectivity index (χ3v) is 3.25. The van der Waals surface area contributed by atoms with Gasteiger partial charge in [-0.1, -0.05) is 0 Å². The molecule has 5 heteroatoms. The first kappa shape index (κ1) is 9.73. The van der Waals surface area contributed by atoms with E-state index in [1.54, 1.807) is 0 Å². The molecular weight excluding hydrogens is 174 g/mol. The van der Waals surface area contributed by atoms with Crippen molar-refractivity contribution in [3.05, 3.63) is 0 Å². The highest BCUT2D eigenvalue weighted by molar-refractivity contribution is 8.14. The highest BCUT2D eigenvalue weighted by Gasteiger charge is 2.16. The summed E-state index contributed by atoms with van der Waals surface area (Å²) >= 11 is 0. The molecule has 58 valence electrons. The van der Waals surface area contributed by atoms with Crippen LogP contribution in [-0.2, 0) is 9.05 Å². The van der Waals surface area contributed by atoms with E-state index < -0.39 is 14.3 Å². The van der Waals surface area contributed by atoms with Gasteiger partial charge < -0.3 is 0 Å². The minimum absolute atomic E-state index is 0.229. The molecule has 10 heavy (non-hydrogen) atoms. The molecule has 1 unspecified atom stereocenters. The number of hydrogen-bond acceptors (Lipinski definition) is 3. The van der Waals surface area contributed by atoms with E-state index in [9.17, 15) is 8.42 Å². The summed E-state index contributed by atoms with van der Waals surface area (Å²) in [6.45, 7) is 1.49. The second kappa shape index (κ2) is 3.79. The van der Waals surface area contributed by atoms with E-state index in [0.29, 0.717) is 6.42 Å². The molecule has 0 aliphatic heterocycles. The number of nitrogens with zero attached hydrogens (tertiary/aromatic N) is 1. The molecule has 0 radical (unpaired) electrons. The number of nitriles is 1. The van der Waals surface area contributed by atoms with Gasteiger partial charge in [0.15, 0.2) is 0 Å². The largest absolute Gasteiger partial charge is 0.235 e. The Hall–Kier alpha value is -0.270. The van der Waals surface area contributed by atoms with E-state index in [-0.39, 0.29) is 6.42 Å². The zero-order valence-electron chi connectivity index (χ0n) is 5.54. The van der Waals surface area contributed by atoms with Crippen molar-refractivity contribution in [1.82, 2.24) is 0 Å². The van der Waals surface area contributed by atoms with Crippen molar-refractivity contribution in [2.24, 2.45) is 0 Å². The fraction of sp³-hybridized carbons (Fsp3) is 0.800. The molecule has 0 amide bonds. The lowest BCUT2D eigenvalue weighted by atomic mass is 10.3. The second-order valence-electron chi connectivity index (χ2n) is 1.98. The van der Waals surface area contributed by atoms with Crippen LogP contribution in [0.4, 0.5) is 0 Å². The van der Waals surface area contributed by atoms with Crippen LogP contribution in [0.1, 0.15) is 19.8 Å². The first-order valence-electron chi connectivity index (χ1n) is 2.79. The van der Waals surface area contributed by atoms with Crippen LogP contribution in [0.2, 0.25) is 0 Å². The Bertz CT molecular complexity index is 229. The minimum Gasteiger partial charge on any atom is -0.212 e. The molecule has 0 aromatic rings. The normalized spacial score (nSPS) is 14.1. The Morgan fingerprint density at radius 2 is 2.20 bits per heavy atom. The van der Waals surface area contributed by atoms with Gasteiger partial charge in [0.25, 0.3) is 0 Å². The zero-order chi connectivity index (χ0) is 8.20. The van der Waals surface area contributed by atoms with Gasteiger partial charge in [-0.25, -0.2) is 8.42 Å². The molecule has 0 aliphatic carbocycles. The van der Waals surface area contributed by atoms with Crippen molar-refractivity contribution >= 4 is 19.7 Å². The smallest absolute Gasteiger partial charge is 0.212 e. The molecule has 0 spiro atoms. The molecule has 0 aromatic carbocycles. The second-order valence-corrected chi connectivity index (χ2v) is 5.03. The van der Waals surface area contributed by atoms with E-state index in [1.165, 1.54) is 6.92 Å². The van der Waals surface area contributed by atoms with Crippen LogP contribution >= 0.6 is 10.7 Å². The van der Waals surface area contributed by atoms with Gasteiger partial charge in [-0.3, -0.25) is 0 Å². The molecule has 0 heterocycles. The van der Waals surface area contributed by atoms with Gasteiger partial charge in [0.1, 0.15) is 0 Å². The van der Waals surface area contributed by atoms with Crippen LogP contribution in [0, 0.1) is 11.3 Å². The fourth-order valence-electron chi connectivity index (χ4n) is 0.409. The maximum absolute atomic E-state index is 10.5. The van der Waals surface area contributed by atoms with E-state index in [2.05, 4.69) is 0 Å². The minimum atomic E-state index is -3.45. The summed E-state index contributed by atoms with van der Waals surface area (Å²) < 4.78 is 21.0. The van der Waals surface area contributed by atoms with Gasteiger partial charge in [-0.05, 0) is 13.3 Å². The maximum atomic E-state index is 10.5. The lowest BCUT2D eigenvalue weighted by Crippen LogP contribution is -2.10. The summed E-state index contributed by atoms with van der Waals surface area (Å²) in [6, 6.07) is 1.85. The zero-order valence-corrected chi connectivity index (χ0v) is 7.11. The molecule has 0 bridgehead atoms. The van der Waals surface area contributed by atoms with Gasteiger partial charge in [-0.15, -0.1) is 0 Å². The lowest BCUT2D eigenvalue weighted by Gasteiger charge is -2.01. The average molecular weight is 182 g/mol. The van der Waals surface area contributed by atoms with Crippen molar-refractivity contribution in [3.63, 3.8) is 0 Å². The van der Waals surface area contributed by atoms with Crippen molar-refractivity contribution in [3.8, 4) is 6.07 Å². The topological polar surface area (TPSA) is 57.9 Å². The van der Waals surface area contributed by atoms with E-state index >= 15 is 0 Å². The molecule has 0 fully saturated rings. The predicted molar refractivity (Wildman–Crippen MR) is 39.1 cm³/mol. The summed E-state index contributed by atoms with van der Waals surface area (Å²) in [5.41, 5.74) is 0. The van der Waals surface area contributed by atoms with Crippen molar-refractivity contribution < 1.29 is 8.42 Å². The molecule has 0 saturated heterocycles. The Balaban J connectivity index is 3.90. The average Bonchev–Trinajstić information content (AvgIpc) is 1.80. The van der Waals surface area contributed by atoms with E-state index in [1.807, 2.05) is 6.07 Å². The summed E-state index contributed by atoms with van der Waals surface area (Å²) in [5, 5.41) is 7.48. The van der Waals surface area contributed by atoms with Crippen molar-refractivity contribution in [1.29, 1.82) is 5.26 Å². The van der Waals surface area contributed by atoms with Crippen LogP contribution in [-0.4, -0.2) is 13.7 Å². The predicted octanol–water partition coefficient (Wildman–Crippen LogP) is 1.25. The third-order valence-electron chi connectivity index (χ3n) is 1.14. The SMILES string of the molecule is CC(CCC#N)S(=O)(=O)Cl. The Labute approximate surface area is 65.0 Å². The molecule has 0 aromatic heterocycles. The van der Waals surface area contributed by atoms with Crippen LogP contribution < -0.4 is 0 Å². The van der Waals surface area contributed by atoms with Gasteiger partial charge in [0.05, 0.1) is 11.3 Å². The lowest BCUT2D eigenvalue weighted by molar-refractivity contribution is 0.593. The molecule has 0 aliphatic rings. The summed E-state index contributed by atoms with van der Waals surface area (Å²) in [7, 11) is 1.53. The first-order chi connectivity index (χ1) is 4.48. The van der Waals surface area contributed by atoms with Gasteiger partial charge >= 0.3 is 0 Å². The quantitative estimate of drug-likeness (QED) is 0.616. The molecule has 0 saturated carbocycles. The van der Waals surface area contributed by atoms with Gasteiger partial charge in [-0.2, -0.15) is 5.26 Å². The number of hydrogen-bond donors (Lipinski definition) is 0. The van der Waals surface area contributed by atoms with Crippen LogP contribution in [0.25, 0.3) is 0 Å². The van der Waals surface area contributed by atoms with E-state index in [4.69, 9.17) is 15.9 Å². The highest BCUT2D eigenvalue weighted by Crippen LogP contribution is 2.11. The number of halogens is 1.